The molecular formula is C10H19NO3. The smallest absolute Gasteiger partial charge is 0.303 e. The van der Waals surface area contributed by atoms with Crippen molar-refractivity contribution in [1.29, 1.82) is 0 Å². The van der Waals surface area contributed by atoms with Crippen LogP contribution in [0, 0.1) is 5.92 Å². The first-order chi connectivity index (χ1) is 6.47. The molecule has 0 aromatic heterocycles. The fraction of sp³-hybridized carbons (Fsp3) is 0.800. The number of ketones is 1. The number of carbonyl (C=O) groups excluding carboxylic acids is 1. The van der Waals surface area contributed by atoms with Gasteiger partial charge in [-0.2, -0.15) is 0 Å². The van der Waals surface area contributed by atoms with Gasteiger partial charge in [0.15, 0.2) is 0 Å². The van der Waals surface area contributed by atoms with Crippen LogP contribution in [0.4, 0.5) is 0 Å². The summed E-state index contributed by atoms with van der Waals surface area (Å²) in [5.74, 6) is -0.498. The van der Waals surface area contributed by atoms with E-state index < -0.39 is 5.97 Å². The molecule has 0 aliphatic carbocycles. The zero-order valence-corrected chi connectivity index (χ0v) is 9.04. The minimum atomic E-state index is -0.919. The summed E-state index contributed by atoms with van der Waals surface area (Å²) in [6, 6.07) is -0.200. The lowest BCUT2D eigenvalue weighted by molar-refractivity contribution is -0.138. The zero-order valence-electron chi connectivity index (χ0n) is 9.04. The molecule has 4 nitrogen and oxygen atoms in total. The van der Waals surface area contributed by atoms with Crippen LogP contribution in [0.3, 0.4) is 0 Å². The van der Waals surface area contributed by atoms with Gasteiger partial charge in [-0.05, 0) is 19.4 Å². The van der Waals surface area contributed by atoms with Gasteiger partial charge >= 0.3 is 5.97 Å². The first-order valence-electron chi connectivity index (χ1n) is 4.89. The minimum absolute atomic E-state index is 0.0106. The third-order valence-corrected chi connectivity index (χ3v) is 2.03. The first-order valence-corrected chi connectivity index (χ1v) is 4.89. The second kappa shape index (κ2) is 6.54. The number of hydrogen-bond donors (Lipinski definition) is 2. The van der Waals surface area contributed by atoms with E-state index in [0.717, 1.165) is 6.42 Å². The summed E-state index contributed by atoms with van der Waals surface area (Å²) in [6.45, 7) is 4.07. The molecule has 1 atom stereocenters. The Hall–Kier alpha value is -0.900. The highest BCUT2D eigenvalue weighted by atomic mass is 16.4. The molecule has 0 unspecified atom stereocenters. The Bertz CT molecular complexity index is 202. The van der Waals surface area contributed by atoms with Gasteiger partial charge in [0.2, 0.25) is 0 Å². The van der Waals surface area contributed by atoms with Crippen LogP contribution >= 0.6 is 0 Å². The number of carbonyl (C=O) groups is 2. The highest BCUT2D eigenvalue weighted by molar-refractivity contribution is 5.86. The third kappa shape index (κ3) is 5.70. The molecule has 0 amide bonds. The first kappa shape index (κ1) is 13.1. The highest BCUT2D eigenvalue weighted by Crippen LogP contribution is 2.07. The van der Waals surface area contributed by atoms with Gasteiger partial charge in [-0.15, -0.1) is 0 Å². The summed E-state index contributed by atoms with van der Waals surface area (Å²) in [5.41, 5.74) is 0. The molecule has 4 heteroatoms. The van der Waals surface area contributed by atoms with E-state index in [2.05, 4.69) is 5.32 Å². The maximum Gasteiger partial charge on any atom is 0.303 e. The molecule has 0 saturated heterocycles. The Morgan fingerprint density at radius 2 is 1.86 bits per heavy atom. The normalized spacial score (nSPS) is 12.9. The predicted molar refractivity (Wildman–Crippen MR) is 54.2 cm³/mol. The fourth-order valence-electron chi connectivity index (χ4n) is 1.29. The number of likely N-dealkylation sites (N-methyl/N-ethyl adjacent to an activating group) is 1. The van der Waals surface area contributed by atoms with Crippen LogP contribution in [-0.2, 0) is 9.59 Å². The van der Waals surface area contributed by atoms with Gasteiger partial charge in [0.25, 0.3) is 0 Å². The molecule has 2 N–H and O–H groups in total. The summed E-state index contributed by atoms with van der Waals surface area (Å²) in [7, 11) is 1.73. The molecule has 0 radical (unpaired) electrons. The highest BCUT2D eigenvalue weighted by Gasteiger charge is 2.17. The van der Waals surface area contributed by atoms with E-state index in [1.54, 1.807) is 7.05 Å². The van der Waals surface area contributed by atoms with Crippen molar-refractivity contribution in [1.82, 2.24) is 5.32 Å². The van der Waals surface area contributed by atoms with Crippen molar-refractivity contribution in [2.24, 2.45) is 5.92 Å². The van der Waals surface area contributed by atoms with Crippen molar-refractivity contribution in [3.05, 3.63) is 0 Å². The average molecular weight is 201 g/mol. The molecule has 0 aromatic carbocycles. The summed E-state index contributed by atoms with van der Waals surface area (Å²) in [5, 5.41) is 11.3. The Kier molecular flexibility index (Phi) is 6.12. The van der Waals surface area contributed by atoms with Gasteiger partial charge in [-0.3, -0.25) is 9.59 Å². The van der Waals surface area contributed by atoms with Gasteiger partial charge in [0.1, 0.15) is 5.78 Å². The fourth-order valence-corrected chi connectivity index (χ4v) is 1.29. The van der Waals surface area contributed by atoms with Crippen molar-refractivity contribution in [2.75, 3.05) is 7.05 Å². The van der Waals surface area contributed by atoms with E-state index in [9.17, 15) is 9.59 Å². The molecule has 0 saturated carbocycles. The molecule has 0 spiro atoms. The molecule has 14 heavy (non-hydrogen) atoms. The standard InChI is InChI=1S/C10H19NO3/c1-7(2)6-8(11-3)9(12)4-5-10(13)14/h7-8,11H,4-6H2,1-3H3,(H,13,14)/t8-/m1/s1. The number of Topliss-reactive ketones (excluding diaryl/α,β-unsaturated/α-hetero) is 1. The number of hydrogen-bond acceptors (Lipinski definition) is 3. The lowest BCUT2D eigenvalue weighted by Gasteiger charge is -2.16. The van der Waals surface area contributed by atoms with Gasteiger partial charge in [0, 0.05) is 6.42 Å². The summed E-state index contributed by atoms with van der Waals surface area (Å²) in [6.07, 6.45) is 0.803. The van der Waals surface area contributed by atoms with E-state index >= 15 is 0 Å². The van der Waals surface area contributed by atoms with Crippen molar-refractivity contribution >= 4 is 11.8 Å². The van der Waals surface area contributed by atoms with E-state index in [1.165, 1.54) is 0 Å². The molecule has 0 aromatic rings. The van der Waals surface area contributed by atoms with Crippen LogP contribution in [0.25, 0.3) is 0 Å². The largest absolute Gasteiger partial charge is 0.481 e. The average Bonchev–Trinajstić information content (AvgIpc) is 2.09. The van der Waals surface area contributed by atoms with E-state index in [1.807, 2.05) is 13.8 Å². The molecule has 0 heterocycles. The van der Waals surface area contributed by atoms with E-state index in [-0.39, 0.29) is 24.7 Å². The second-order valence-corrected chi connectivity index (χ2v) is 3.83. The number of aliphatic carboxylic acids is 1. The predicted octanol–water partition coefficient (Wildman–Crippen LogP) is 1.05. The summed E-state index contributed by atoms with van der Waals surface area (Å²) < 4.78 is 0. The summed E-state index contributed by atoms with van der Waals surface area (Å²) >= 11 is 0. The molecule has 0 rings (SSSR count). The molecule has 0 aliphatic heterocycles. The second-order valence-electron chi connectivity index (χ2n) is 3.83. The van der Waals surface area contributed by atoms with Crippen LogP contribution in [0.5, 0.6) is 0 Å². The van der Waals surface area contributed by atoms with Crippen LogP contribution in [0.15, 0.2) is 0 Å². The van der Waals surface area contributed by atoms with Crippen molar-refractivity contribution in [3.8, 4) is 0 Å². The number of carboxylic acid groups (broad SMARTS) is 1. The zero-order chi connectivity index (χ0) is 11.1. The van der Waals surface area contributed by atoms with E-state index in [4.69, 9.17) is 5.11 Å². The van der Waals surface area contributed by atoms with Gasteiger partial charge < -0.3 is 10.4 Å². The number of rotatable bonds is 7. The Balaban J connectivity index is 3.97. The summed E-state index contributed by atoms with van der Waals surface area (Å²) in [4.78, 5) is 21.8. The molecular weight excluding hydrogens is 182 g/mol. The molecule has 0 bridgehead atoms. The Morgan fingerprint density at radius 1 is 1.29 bits per heavy atom. The lowest BCUT2D eigenvalue weighted by Crippen LogP contribution is -2.35. The number of nitrogens with one attached hydrogen (secondary N) is 1. The maximum atomic E-state index is 11.5. The molecule has 82 valence electrons. The molecule has 0 fully saturated rings. The van der Waals surface area contributed by atoms with Gasteiger partial charge in [-0.1, -0.05) is 13.8 Å². The van der Waals surface area contributed by atoms with Crippen molar-refractivity contribution < 1.29 is 14.7 Å². The monoisotopic (exact) mass is 201 g/mol. The van der Waals surface area contributed by atoms with Gasteiger partial charge in [-0.25, -0.2) is 0 Å². The van der Waals surface area contributed by atoms with Crippen molar-refractivity contribution in [2.45, 2.75) is 39.2 Å². The quantitative estimate of drug-likeness (QED) is 0.646. The Morgan fingerprint density at radius 3 is 2.21 bits per heavy atom. The minimum Gasteiger partial charge on any atom is -0.481 e. The van der Waals surface area contributed by atoms with Crippen LogP contribution in [0.1, 0.15) is 33.1 Å². The maximum absolute atomic E-state index is 11.5. The van der Waals surface area contributed by atoms with Crippen LogP contribution < -0.4 is 5.32 Å². The van der Waals surface area contributed by atoms with Crippen molar-refractivity contribution in [3.63, 3.8) is 0 Å². The number of carboxylic acids is 1. The van der Waals surface area contributed by atoms with Gasteiger partial charge in [0.05, 0.1) is 12.5 Å². The SMILES string of the molecule is CN[C@H](CC(C)C)C(=O)CCC(=O)O. The topological polar surface area (TPSA) is 66.4 Å². The lowest BCUT2D eigenvalue weighted by atomic mass is 9.98. The third-order valence-electron chi connectivity index (χ3n) is 2.03. The Labute approximate surface area is 84.7 Å². The van der Waals surface area contributed by atoms with Crippen LogP contribution in [0.2, 0.25) is 0 Å². The van der Waals surface area contributed by atoms with E-state index in [0.29, 0.717) is 5.92 Å². The van der Waals surface area contributed by atoms with Crippen LogP contribution in [-0.4, -0.2) is 29.9 Å². The molecule has 0 aliphatic rings.